The standard InChI is InChI=1S/C16H25BrO/c1-5-7-8-14(6-2)11-18-16-12(3)9-15(17)10-13(16)4/h9-10,14H,5-8,11H2,1-4H3. The summed E-state index contributed by atoms with van der Waals surface area (Å²) in [5.41, 5.74) is 2.43. The van der Waals surface area contributed by atoms with Crippen molar-refractivity contribution >= 4 is 15.9 Å². The number of benzene rings is 1. The number of rotatable bonds is 7. The maximum Gasteiger partial charge on any atom is 0.125 e. The van der Waals surface area contributed by atoms with Gasteiger partial charge in [-0.25, -0.2) is 0 Å². The third-order valence-electron chi connectivity index (χ3n) is 3.43. The molecule has 1 nitrogen and oxygen atoms in total. The Kier molecular flexibility index (Phi) is 6.77. The van der Waals surface area contributed by atoms with Gasteiger partial charge in [0.15, 0.2) is 0 Å². The second-order valence-electron chi connectivity index (χ2n) is 5.10. The Morgan fingerprint density at radius 3 is 2.28 bits per heavy atom. The predicted octanol–water partition coefficient (Wildman–Crippen LogP) is 5.66. The smallest absolute Gasteiger partial charge is 0.125 e. The fourth-order valence-corrected chi connectivity index (χ4v) is 2.91. The van der Waals surface area contributed by atoms with E-state index in [1.807, 2.05) is 0 Å². The van der Waals surface area contributed by atoms with Gasteiger partial charge in [-0.15, -0.1) is 0 Å². The van der Waals surface area contributed by atoms with Crippen LogP contribution in [0.25, 0.3) is 0 Å². The molecule has 1 aromatic rings. The molecule has 2 heteroatoms. The summed E-state index contributed by atoms with van der Waals surface area (Å²) in [6, 6.07) is 4.24. The number of unbranched alkanes of at least 4 members (excludes halogenated alkanes) is 1. The first-order chi connectivity index (χ1) is 8.58. The molecule has 1 aromatic carbocycles. The number of hydrogen-bond donors (Lipinski definition) is 0. The molecular formula is C16H25BrO. The number of aryl methyl sites for hydroxylation is 2. The third-order valence-corrected chi connectivity index (χ3v) is 3.89. The molecule has 0 radical (unpaired) electrons. The van der Waals surface area contributed by atoms with E-state index in [0.29, 0.717) is 5.92 Å². The Morgan fingerprint density at radius 1 is 1.17 bits per heavy atom. The summed E-state index contributed by atoms with van der Waals surface area (Å²) in [5.74, 6) is 1.75. The molecule has 1 unspecified atom stereocenters. The van der Waals surface area contributed by atoms with Gasteiger partial charge in [-0.05, 0) is 49.4 Å². The minimum atomic E-state index is 0.687. The maximum absolute atomic E-state index is 6.05. The van der Waals surface area contributed by atoms with Gasteiger partial charge in [0, 0.05) is 4.47 Å². The fraction of sp³-hybridized carbons (Fsp3) is 0.625. The summed E-state index contributed by atoms with van der Waals surface area (Å²) in [7, 11) is 0. The number of hydrogen-bond acceptors (Lipinski definition) is 1. The predicted molar refractivity (Wildman–Crippen MR) is 82.4 cm³/mol. The van der Waals surface area contributed by atoms with E-state index in [1.54, 1.807) is 0 Å². The van der Waals surface area contributed by atoms with Crippen molar-refractivity contribution in [3.05, 3.63) is 27.7 Å². The molecule has 0 spiro atoms. The highest BCUT2D eigenvalue weighted by molar-refractivity contribution is 9.10. The first kappa shape index (κ1) is 15.6. The molecule has 0 fully saturated rings. The summed E-state index contributed by atoms with van der Waals surface area (Å²) in [4.78, 5) is 0. The van der Waals surface area contributed by atoms with E-state index in [-0.39, 0.29) is 0 Å². The van der Waals surface area contributed by atoms with Crippen molar-refractivity contribution in [3.8, 4) is 5.75 Å². The van der Waals surface area contributed by atoms with Crippen LogP contribution in [0.5, 0.6) is 5.75 Å². The van der Waals surface area contributed by atoms with Crippen molar-refractivity contribution < 1.29 is 4.74 Å². The summed E-state index contributed by atoms with van der Waals surface area (Å²) < 4.78 is 7.18. The molecule has 0 N–H and O–H groups in total. The first-order valence-corrected chi connectivity index (χ1v) is 7.77. The summed E-state index contributed by atoms with van der Waals surface area (Å²) >= 11 is 3.52. The lowest BCUT2D eigenvalue weighted by Gasteiger charge is -2.18. The molecule has 0 saturated heterocycles. The summed E-state index contributed by atoms with van der Waals surface area (Å²) in [5, 5.41) is 0. The Labute approximate surface area is 120 Å². The van der Waals surface area contributed by atoms with Crippen LogP contribution < -0.4 is 4.74 Å². The van der Waals surface area contributed by atoms with Gasteiger partial charge >= 0.3 is 0 Å². The van der Waals surface area contributed by atoms with Crippen LogP contribution in [0.2, 0.25) is 0 Å². The van der Waals surface area contributed by atoms with Crippen LogP contribution in [0, 0.1) is 19.8 Å². The van der Waals surface area contributed by atoms with E-state index in [0.717, 1.165) is 16.8 Å². The lowest BCUT2D eigenvalue weighted by Crippen LogP contribution is -2.12. The van der Waals surface area contributed by atoms with Crippen molar-refractivity contribution in [1.29, 1.82) is 0 Å². The molecular weight excluding hydrogens is 288 g/mol. The highest BCUT2D eigenvalue weighted by Crippen LogP contribution is 2.28. The zero-order chi connectivity index (χ0) is 13.5. The minimum Gasteiger partial charge on any atom is -0.493 e. The lowest BCUT2D eigenvalue weighted by molar-refractivity contribution is 0.231. The second kappa shape index (κ2) is 7.83. The SMILES string of the molecule is CCCCC(CC)COc1c(C)cc(Br)cc1C. The van der Waals surface area contributed by atoms with Gasteiger partial charge in [0.05, 0.1) is 6.61 Å². The van der Waals surface area contributed by atoms with Crippen molar-refractivity contribution in [2.24, 2.45) is 5.92 Å². The normalized spacial score (nSPS) is 12.5. The monoisotopic (exact) mass is 312 g/mol. The van der Waals surface area contributed by atoms with Crippen LogP contribution in [0.1, 0.15) is 50.7 Å². The van der Waals surface area contributed by atoms with Crippen molar-refractivity contribution in [2.75, 3.05) is 6.61 Å². The van der Waals surface area contributed by atoms with E-state index in [4.69, 9.17) is 4.74 Å². The van der Waals surface area contributed by atoms with Crippen LogP contribution in [0.15, 0.2) is 16.6 Å². The van der Waals surface area contributed by atoms with Crippen LogP contribution in [0.4, 0.5) is 0 Å². The summed E-state index contributed by atoms with van der Waals surface area (Å²) in [6.45, 7) is 9.57. The van der Waals surface area contributed by atoms with E-state index in [1.165, 1.54) is 36.8 Å². The molecule has 18 heavy (non-hydrogen) atoms. The van der Waals surface area contributed by atoms with Crippen LogP contribution in [-0.4, -0.2) is 6.61 Å². The average Bonchev–Trinajstić information content (AvgIpc) is 2.31. The molecule has 102 valence electrons. The number of halogens is 1. The molecule has 1 atom stereocenters. The summed E-state index contributed by atoms with van der Waals surface area (Å²) in [6.07, 6.45) is 5.06. The van der Waals surface area contributed by atoms with Crippen LogP contribution >= 0.6 is 15.9 Å². The zero-order valence-electron chi connectivity index (χ0n) is 12.1. The van der Waals surface area contributed by atoms with Crippen molar-refractivity contribution in [3.63, 3.8) is 0 Å². The Bertz CT molecular complexity index is 350. The third kappa shape index (κ3) is 4.64. The minimum absolute atomic E-state index is 0.687. The largest absolute Gasteiger partial charge is 0.493 e. The topological polar surface area (TPSA) is 9.23 Å². The molecule has 0 saturated carbocycles. The maximum atomic E-state index is 6.05. The van der Waals surface area contributed by atoms with Crippen molar-refractivity contribution in [1.82, 2.24) is 0 Å². The Hall–Kier alpha value is -0.500. The fourth-order valence-electron chi connectivity index (χ4n) is 2.22. The molecule has 0 heterocycles. The quantitative estimate of drug-likeness (QED) is 0.631. The van der Waals surface area contributed by atoms with Gasteiger partial charge in [0.1, 0.15) is 5.75 Å². The molecule has 1 rings (SSSR count). The molecule has 0 amide bonds. The highest BCUT2D eigenvalue weighted by Gasteiger charge is 2.10. The zero-order valence-corrected chi connectivity index (χ0v) is 13.6. The van der Waals surface area contributed by atoms with Gasteiger partial charge < -0.3 is 4.74 Å². The second-order valence-corrected chi connectivity index (χ2v) is 6.01. The molecule has 0 bridgehead atoms. The molecule has 0 aromatic heterocycles. The van der Waals surface area contributed by atoms with Crippen LogP contribution in [0.3, 0.4) is 0 Å². The van der Waals surface area contributed by atoms with Gasteiger partial charge in [-0.3, -0.25) is 0 Å². The van der Waals surface area contributed by atoms with Crippen molar-refractivity contribution in [2.45, 2.75) is 53.4 Å². The first-order valence-electron chi connectivity index (χ1n) is 6.98. The highest BCUT2D eigenvalue weighted by atomic mass is 79.9. The van der Waals surface area contributed by atoms with Gasteiger partial charge in [-0.2, -0.15) is 0 Å². The Morgan fingerprint density at radius 2 is 1.78 bits per heavy atom. The molecule has 0 aliphatic rings. The van der Waals surface area contributed by atoms with Gasteiger partial charge in [-0.1, -0.05) is 49.0 Å². The van der Waals surface area contributed by atoms with E-state index >= 15 is 0 Å². The molecule has 0 aliphatic heterocycles. The van der Waals surface area contributed by atoms with E-state index in [9.17, 15) is 0 Å². The van der Waals surface area contributed by atoms with Crippen LogP contribution in [-0.2, 0) is 0 Å². The number of ether oxygens (including phenoxy) is 1. The van der Waals surface area contributed by atoms with Gasteiger partial charge in [0.25, 0.3) is 0 Å². The average molecular weight is 313 g/mol. The lowest BCUT2D eigenvalue weighted by atomic mass is 10.0. The Balaban J connectivity index is 2.62. The molecule has 0 aliphatic carbocycles. The van der Waals surface area contributed by atoms with E-state index < -0.39 is 0 Å². The van der Waals surface area contributed by atoms with Gasteiger partial charge in [0.2, 0.25) is 0 Å². The van der Waals surface area contributed by atoms with E-state index in [2.05, 4.69) is 55.8 Å².